The van der Waals surface area contributed by atoms with Crippen LogP contribution in [0.5, 0.6) is 0 Å². The van der Waals surface area contributed by atoms with Gasteiger partial charge in [0, 0.05) is 62.1 Å². The van der Waals surface area contributed by atoms with Crippen molar-refractivity contribution in [1.82, 2.24) is 25.2 Å². The first-order chi connectivity index (χ1) is 16.4. The predicted molar refractivity (Wildman–Crippen MR) is 132 cm³/mol. The highest BCUT2D eigenvalue weighted by atomic mass is 16.3. The van der Waals surface area contributed by atoms with Crippen LogP contribution in [0.4, 0.5) is 5.82 Å². The summed E-state index contributed by atoms with van der Waals surface area (Å²) in [6, 6.07) is 18.8. The molecular formula is C26H26N6O. The first-order valence-corrected chi connectivity index (χ1v) is 11.4. The quantitative estimate of drug-likeness (QED) is 0.366. The molecule has 2 aromatic carbocycles. The molecule has 0 unspecified atom stereocenters. The first-order valence-electron chi connectivity index (χ1n) is 11.4. The number of hydrogen-bond donors (Lipinski definition) is 3. The van der Waals surface area contributed by atoms with Crippen molar-refractivity contribution in [3.05, 3.63) is 67.1 Å². The molecule has 4 heterocycles. The minimum atomic E-state index is 0.593. The predicted octanol–water partition coefficient (Wildman–Crippen LogP) is 4.36. The van der Waals surface area contributed by atoms with Crippen LogP contribution in [0.2, 0.25) is 0 Å². The summed E-state index contributed by atoms with van der Waals surface area (Å²) in [4.78, 5) is 14.9. The van der Waals surface area contributed by atoms with E-state index in [-0.39, 0.29) is 0 Å². The van der Waals surface area contributed by atoms with Gasteiger partial charge in [0.15, 0.2) is 0 Å². The zero-order chi connectivity index (χ0) is 22.0. The van der Waals surface area contributed by atoms with Crippen LogP contribution in [0.3, 0.4) is 0 Å². The van der Waals surface area contributed by atoms with Gasteiger partial charge in [-0.1, -0.05) is 42.5 Å². The Labute approximate surface area is 191 Å². The molecule has 1 fully saturated rings. The number of rotatable bonds is 6. The molecule has 1 aliphatic rings. The largest absolute Gasteiger partial charge is 0.437 e. The number of furan rings is 1. The lowest BCUT2D eigenvalue weighted by Crippen LogP contribution is -2.45. The van der Waals surface area contributed by atoms with Gasteiger partial charge >= 0.3 is 0 Å². The lowest BCUT2D eigenvalue weighted by molar-refractivity contribution is 0.249. The lowest BCUT2D eigenvalue weighted by Gasteiger charge is -2.27. The van der Waals surface area contributed by atoms with Gasteiger partial charge in [0.05, 0.1) is 5.39 Å². The molecule has 1 aliphatic heterocycles. The zero-order valence-corrected chi connectivity index (χ0v) is 18.3. The van der Waals surface area contributed by atoms with E-state index < -0.39 is 0 Å². The maximum absolute atomic E-state index is 6.38. The van der Waals surface area contributed by atoms with Crippen LogP contribution < -0.4 is 10.6 Å². The summed E-state index contributed by atoms with van der Waals surface area (Å²) in [6.07, 6.45) is 3.53. The summed E-state index contributed by atoms with van der Waals surface area (Å²) in [5.74, 6) is 1.61. The van der Waals surface area contributed by atoms with Crippen molar-refractivity contribution in [2.75, 3.05) is 44.6 Å². The maximum atomic E-state index is 6.38. The summed E-state index contributed by atoms with van der Waals surface area (Å²) in [6.45, 7) is 6.04. The maximum Gasteiger partial charge on any atom is 0.232 e. The second-order valence-corrected chi connectivity index (χ2v) is 8.37. The molecule has 0 amide bonds. The monoisotopic (exact) mass is 438 g/mol. The number of fused-ring (bicyclic) bond motifs is 2. The molecule has 0 spiro atoms. The number of nitrogens with zero attached hydrogens (tertiary/aromatic N) is 3. The molecule has 0 saturated carbocycles. The van der Waals surface area contributed by atoms with Crippen molar-refractivity contribution in [3.8, 4) is 22.5 Å². The van der Waals surface area contributed by atoms with Gasteiger partial charge in [-0.15, -0.1) is 0 Å². The van der Waals surface area contributed by atoms with Crippen molar-refractivity contribution in [1.29, 1.82) is 0 Å². The Kier molecular flexibility index (Phi) is 5.26. The highest BCUT2D eigenvalue weighted by molar-refractivity contribution is 6.06. The molecule has 3 aromatic heterocycles. The Bertz CT molecular complexity index is 1380. The van der Waals surface area contributed by atoms with Crippen molar-refractivity contribution in [2.24, 2.45) is 0 Å². The molecule has 7 nitrogen and oxygen atoms in total. The standard InChI is InChI=1S/C26H26N6O/c1-2-4-19(5-3-1)22-23-25(29-12-15-32-13-10-27-11-14-32)30-17-31-26(23)33-24(22)20-7-6-18-8-9-28-21(18)16-20/h1-9,16-17,27-28H,10-15H2,(H,29,30,31). The van der Waals surface area contributed by atoms with E-state index in [2.05, 4.69) is 66.9 Å². The molecule has 166 valence electrons. The lowest BCUT2D eigenvalue weighted by atomic mass is 9.99. The first kappa shape index (κ1) is 20.0. The molecule has 0 aliphatic carbocycles. The Morgan fingerprint density at radius 2 is 1.85 bits per heavy atom. The molecule has 5 aromatic rings. The molecule has 0 radical (unpaired) electrons. The van der Waals surface area contributed by atoms with Crippen LogP contribution in [0.25, 0.3) is 44.5 Å². The van der Waals surface area contributed by atoms with E-state index in [1.807, 2.05) is 24.4 Å². The number of aromatic amines is 1. The van der Waals surface area contributed by atoms with Crippen LogP contribution in [0.1, 0.15) is 0 Å². The van der Waals surface area contributed by atoms with E-state index in [0.717, 1.165) is 78.4 Å². The second-order valence-electron chi connectivity index (χ2n) is 8.37. The fourth-order valence-electron chi connectivity index (χ4n) is 4.61. The fourth-order valence-corrected chi connectivity index (χ4v) is 4.61. The Morgan fingerprint density at radius 1 is 0.970 bits per heavy atom. The van der Waals surface area contributed by atoms with Gasteiger partial charge in [0.2, 0.25) is 5.71 Å². The van der Waals surface area contributed by atoms with Crippen molar-refractivity contribution in [2.45, 2.75) is 0 Å². The number of aromatic nitrogens is 3. The Balaban J connectivity index is 1.43. The van der Waals surface area contributed by atoms with E-state index in [1.165, 1.54) is 5.39 Å². The van der Waals surface area contributed by atoms with E-state index >= 15 is 0 Å². The third-order valence-electron chi connectivity index (χ3n) is 6.30. The van der Waals surface area contributed by atoms with E-state index in [1.54, 1.807) is 6.33 Å². The Hall–Kier alpha value is -3.68. The molecule has 6 rings (SSSR count). The third-order valence-corrected chi connectivity index (χ3v) is 6.30. The smallest absolute Gasteiger partial charge is 0.232 e. The molecule has 1 saturated heterocycles. The van der Waals surface area contributed by atoms with Gasteiger partial charge in [0.25, 0.3) is 0 Å². The van der Waals surface area contributed by atoms with Crippen LogP contribution in [-0.4, -0.2) is 59.1 Å². The summed E-state index contributed by atoms with van der Waals surface area (Å²) < 4.78 is 6.38. The van der Waals surface area contributed by atoms with Crippen LogP contribution in [0, 0.1) is 0 Å². The summed E-state index contributed by atoms with van der Waals surface area (Å²) >= 11 is 0. The highest BCUT2D eigenvalue weighted by Gasteiger charge is 2.22. The van der Waals surface area contributed by atoms with Crippen molar-refractivity contribution >= 4 is 27.8 Å². The second kappa shape index (κ2) is 8.69. The van der Waals surface area contributed by atoms with Crippen molar-refractivity contribution in [3.63, 3.8) is 0 Å². The number of hydrogen-bond acceptors (Lipinski definition) is 6. The SMILES string of the molecule is c1ccc(-c2c(-c3ccc4cc[nH]c4c3)oc3ncnc(NCCN4CCNCC4)c23)cc1. The summed E-state index contributed by atoms with van der Waals surface area (Å²) in [5, 5.41) is 9.05. The van der Waals surface area contributed by atoms with Crippen LogP contribution >= 0.6 is 0 Å². The molecule has 3 N–H and O–H groups in total. The average Bonchev–Trinajstić information content (AvgIpc) is 3.50. The van der Waals surface area contributed by atoms with Crippen LogP contribution in [0.15, 0.2) is 71.5 Å². The Morgan fingerprint density at radius 3 is 2.73 bits per heavy atom. The molecule has 33 heavy (non-hydrogen) atoms. The average molecular weight is 439 g/mol. The summed E-state index contributed by atoms with van der Waals surface area (Å²) in [7, 11) is 0. The van der Waals surface area contributed by atoms with E-state index in [0.29, 0.717) is 5.71 Å². The van der Waals surface area contributed by atoms with E-state index in [4.69, 9.17) is 4.42 Å². The van der Waals surface area contributed by atoms with Gasteiger partial charge in [-0.25, -0.2) is 9.97 Å². The number of nitrogens with one attached hydrogen (secondary N) is 3. The number of H-pyrrole nitrogens is 1. The van der Waals surface area contributed by atoms with Gasteiger partial charge in [0.1, 0.15) is 17.9 Å². The normalized spacial score (nSPS) is 14.8. The number of benzene rings is 2. The van der Waals surface area contributed by atoms with Gasteiger partial charge in [-0.05, 0) is 23.1 Å². The minimum absolute atomic E-state index is 0.593. The molecular weight excluding hydrogens is 412 g/mol. The topological polar surface area (TPSA) is 82.0 Å². The highest BCUT2D eigenvalue weighted by Crippen LogP contribution is 2.42. The molecule has 0 atom stereocenters. The van der Waals surface area contributed by atoms with Gasteiger partial charge in [-0.3, -0.25) is 4.90 Å². The third kappa shape index (κ3) is 3.86. The zero-order valence-electron chi connectivity index (χ0n) is 18.3. The van der Waals surface area contributed by atoms with Crippen LogP contribution in [-0.2, 0) is 0 Å². The number of anilines is 1. The van der Waals surface area contributed by atoms with Gasteiger partial charge in [-0.2, -0.15) is 0 Å². The van der Waals surface area contributed by atoms with E-state index in [9.17, 15) is 0 Å². The number of piperazine rings is 1. The summed E-state index contributed by atoms with van der Waals surface area (Å²) in [5.41, 5.74) is 4.77. The van der Waals surface area contributed by atoms with Crippen molar-refractivity contribution < 1.29 is 4.42 Å². The fraction of sp³-hybridized carbons (Fsp3) is 0.231. The minimum Gasteiger partial charge on any atom is -0.437 e. The molecule has 7 heteroatoms. The molecule has 0 bridgehead atoms. The van der Waals surface area contributed by atoms with Gasteiger partial charge < -0.3 is 20.0 Å².